The summed E-state index contributed by atoms with van der Waals surface area (Å²) in [5, 5.41) is 0. The Kier molecular flexibility index (Phi) is 8.71. The van der Waals surface area contributed by atoms with E-state index in [9.17, 15) is 39.6 Å². The molecule has 1 heterocycles. The third-order valence-corrected chi connectivity index (χ3v) is 7.91. The highest BCUT2D eigenvalue weighted by molar-refractivity contribution is 7.92. The van der Waals surface area contributed by atoms with Crippen molar-refractivity contribution in [2.75, 3.05) is 29.8 Å². The van der Waals surface area contributed by atoms with Crippen LogP contribution in [0.15, 0.2) is 65.6 Å². The fraction of sp³-hybridized carbons (Fsp3) is 0.296. The largest absolute Gasteiger partial charge is 0.469 e. The molecule has 1 N–H and O–H groups in total. The zero-order chi connectivity index (χ0) is 29.9. The molecule has 220 valence electrons. The molecule has 1 aliphatic rings. The van der Waals surface area contributed by atoms with E-state index in [1.54, 1.807) is 4.90 Å². The van der Waals surface area contributed by atoms with Gasteiger partial charge in [-0.2, -0.15) is 22.0 Å². The first-order chi connectivity index (χ1) is 19.3. The number of hydrogen-bond donors (Lipinski definition) is 1. The van der Waals surface area contributed by atoms with Gasteiger partial charge in [-0.3, -0.25) is 9.52 Å². The Morgan fingerprint density at radius 2 is 1.73 bits per heavy atom. The van der Waals surface area contributed by atoms with Crippen molar-refractivity contribution in [1.29, 1.82) is 0 Å². The molecule has 1 saturated heterocycles. The van der Waals surface area contributed by atoms with E-state index in [0.29, 0.717) is 37.7 Å². The number of rotatable bonds is 8. The van der Waals surface area contributed by atoms with Crippen molar-refractivity contribution in [3.63, 3.8) is 0 Å². The molecule has 0 amide bonds. The standard InChI is InChI=1S/C27H24F6N2O5S/c1-39-25(36)16-9-11-35(12-10-16)23-7-5-17(21-15-19(28)6-8-24(21)40-26(29)30)13-22(23)34-41(37,38)20-4-2-3-18(14-20)27(31,32)33/h2-8,13-16,26,34H,9-12H2,1H3. The zero-order valence-corrected chi connectivity index (χ0v) is 22.2. The number of sulfonamides is 1. The molecule has 0 bridgehead atoms. The second-order valence-corrected chi connectivity index (χ2v) is 10.8. The number of anilines is 2. The van der Waals surface area contributed by atoms with E-state index in [1.165, 1.54) is 25.3 Å². The van der Waals surface area contributed by atoms with Crippen molar-refractivity contribution in [3.8, 4) is 16.9 Å². The summed E-state index contributed by atoms with van der Waals surface area (Å²) in [6, 6.07) is 10.1. The van der Waals surface area contributed by atoms with E-state index in [0.717, 1.165) is 36.4 Å². The molecule has 7 nitrogen and oxygen atoms in total. The highest BCUT2D eigenvalue weighted by Gasteiger charge is 2.32. The van der Waals surface area contributed by atoms with Crippen LogP contribution in [-0.2, 0) is 25.7 Å². The van der Waals surface area contributed by atoms with Crippen LogP contribution in [0.5, 0.6) is 5.75 Å². The van der Waals surface area contributed by atoms with Gasteiger partial charge in [-0.25, -0.2) is 12.8 Å². The number of halogens is 6. The van der Waals surface area contributed by atoms with Gasteiger partial charge >= 0.3 is 18.8 Å². The highest BCUT2D eigenvalue weighted by atomic mass is 32.2. The molecule has 3 aromatic carbocycles. The molecule has 0 atom stereocenters. The molecule has 14 heteroatoms. The summed E-state index contributed by atoms with van der Waals surface area (Å²) in [5.74, 6) is -1.91. The van der Waals surface area contributed by atoms with Crippen molar-refractivity contribution < 1.29 is 49.0 Å². The van der Waals surface area contributed by atoms with Gasteiger partial charge in [-0.1, -0.05) is 12.1 Å². The summed E-state index contributed by atoms with van der Waals surface area (Å²) in [4.78, 5) is 13.0. The molecule has 0 spiro atoms. The average Bonchev–Trinajstić information content (AvgIpc) is 2.93. The maximum Gasteiger partial charge on any atom is 0.416 e. The Morgan fingerprint density at radius 1 is 1.02 bits per heavy atom. The van der Waals surface area contributed by atoms with Crippen LogP contribution in [0, 0.1) is 11.7 Å². The molecule has 0 radical (unpaired) electrons. The number of nitrogens with one attached hydrogen (secondary N) is 1. The summed E-state index contributed by atoms with van der Waals surface area (Å²) in [6.07, 6.45) is -4.03. The monoisotopic (exact) mass is 602 g/mol. The molecule has 0 aliphatic carbocycles. The van der Waals surface area contributed by atoms with Crippen molar-refractivity contribution in [1.82, 2.24) is 0 Å². The molecule has 1 aliphatic heterocycles. The minimum absolute atomic E-state index is 0.0927. The van der Waals surface area contributed by atoms with Crippen molar-refractivity contribution in [2.24, 2.45) is 5.92 Å². The number of carbonyl (C=O) groups excluding carboxylic acids is 1. The first-order valence-electron chi connectivity index (χ1n) is 12.2. The van der Waals surface area contributed by atoms with Gasteiger partial charge in [-0.05, 0) is 66.9 Å². The normalized spacial score (nSPS) is 14.7. The van der Waals surface area contributed by atoms with Crippen LogP contribution in [0.2, 0.25) is 0 Å². The summed E-state index contributed by atoms with van der Waals surface area (Å²) in [6.45, 7) is -2.62. The predicted molar refractivity (Wildman–Crippen MR) is 138 cm³/mol. The first-order valence-corrected chi connectivity index (χ1v) is 13.7. The van der Waals surface area contributed by atoms with E-state index >= 15 is 0 Å². The SMILES string of the molecule is COC(=O)C1CCN(c2ccc(-c3cc(F)ccc3OC(F)F)cc2NS(=O)(=O)c2cccc(C(F)(F)F)c2)CC1. The van der Waals surface area contributed by atoms with Gasteiger partial charge in [-0.15, -0.1) is 0 Å². The van der Waals surface area contributed by atoms with Gasteiger partial charge in [0.15, 0.2) is 0 Å². The number of benzene rings is 3. The van der Waals surface area contributed by atoms with E-state index < -0.39 is 39.1 Å². The third kappa shape index (κ3) is 7.04. The number of esters is 1. The maximum absolute atomic E-state index is 14.1. The molecule has 3 aromatic rings. The molecular formula is C27H24F6N2O5S. The second-order valence-electron chi connectivity index (χ2n) is 9.17. The summed E-state index contributed by atoms with van der Waals surface area (Å²) < 4.78 is 118. The average molecular weight is 603 g/mol. The zero-order valence-electron chi connectivity index (χ0n) is 21.4. The molecule has 0 unspecified atom stereocenters. The molecular weight excluding hydrogens is 578 g/mol. The third-order valence-electron chi connectivity index (χ3n) is 6.55. The number of methoxy groups -OCH3 is 1. The molecule has 0 saturated carbocycles. The van der Waals surface area contributed by atoms with Gasteiger partial charge in [0.25, 0.3) is 10.0 Å². The second kappa shape index (κ2) is 11.9. The maximum atomic E-state index is 14.1. The Bertz CT molecular complexity index is 1520. The predicted octanol–water partition coefficient (Wildman–Crippen LogP) is 6.30. The Labute approximate surface area is 231 Å². The van der Waals surface area contributed by atoms with Crippen molar-refractivity contribution in [3.05, 3.63) is 72.0 Å². The Hall–Kier alpha value is -3.94. The van der Waals surface area contributed by atoms with Crippen LogP contribution >= 0.6 is 0 Å². The fourth-order valence-corrected chi connectivity index (χ4v) is 5.66. The minimum atomic E-state index is -4.79. The highest BCUT2D eigenvalue weighted by Crippen LogP contribution is 2.39. The minimum Gasteiger partial charge on any atom is -0.469 e. The van der Waals surface area contributed by atoms with Crippen molar-refractivity contribution in [2.45, 2.75) is 30.5 Å². The van der Waals surface area contributed by atoms with E-state index in [4.69, 9.17) is 4.74 Å². The van der Waals surface area contributed by atoms with Crippen LogP contribution in [-0.4, -0.2) is 41.2 Å². The summed E-state index contributed by atoms with van der Waals surface area (Å²) in [5.41, 5.74) is -0.993. The van der Waals surface area contributed by atoms with Gasteiger partial charge in [0.2, 0.25) is 0 Å². The van der Waals surface area contributed by atoms with Crippen LogP contribution < -0.4 is 14.4 Å². The lowest BCUT2D eigenvalue weighted by Gasteiger charge is -2.34. The topological polar surface area (TPSA) is 84.9 Å². The van der Waals surface area contributed by atoms with Crippen LogP contribution in [0.3, 0.4) is 0 Å². The lowest BCUT2D eigenvalue weighted by Crippen LogP contribution is -2.37. The summed E-state index contributed by atoms with van der Waals surface area (Å²) >= 11 is 0. The fourth-order valence-electron chi connectivity index (χ4n) is 4.55. The molecule has 0 aromatic heterocycles. The van der Waals surface area contributed by atoms with Crippen LogP contribution in [0.1, 0.15) is 18.4 Å². The Morgan fingerprint density at radius 3 is 2.37 bits per heavy atom. The number of carbonyl (C=O) groups is 1. The van der Waals surface area contributed by atoms with Gasteiger partial charge in [0.05, 0.1) is 34.9 Å². The molecule has 4 rings (SSSR count). The molecule has 1 fully saturated rings. The summed E-state index contributed by atoms with van der Waals surface area (Å²) in [7, 11) is -3.33. The Balaban J connectivity index is 1.78. The van der Waals surface area contributed by atoms with E-state index in [1.807, 2.05) is 0 Å². The lowest BCUT2D eigenvalue weighted by atomic mass is 9.96. The van der Waals surface area contributed by atoms with Crippen LogP contribution in [0.4, 0.5) is 37.7 Å². The quantitative estimate of drug-likeness (QED) is 0.241. The van der Waals surface area contributed by atoms with Crippen molar-refractivity contribution >= 4 is 27.4 Å². The molecule has 41 heavy (non-hydrogen) atoms. The lowest BCUT2D eigenvalue weighted by molar-refractivity contribution is -0.146. The van der Waals surface area contributed by atoms with E-state index in [-0.39, 0.29) is 34.5 Å². The first kappa shape index (κ1) is 30.0. The smallest absolute Gasteiger partial charge is 0.416 e. The van der Waals surface area contributed by atoms with Crippen LogP contribution in [0.25, 0.3) is 11.1 Å². The van der Waals surface area contributed by atoms with Gasteiger partial charge in [0.1, 0.15) is 11.6 Å². The number of hydrogen-bond acceptors (Lipinski definition) is 6. The number of alkyl halides is 5. The van der Waals surface area contributed by atoms with Gasteiger partial charge < -0.3 is 14.4 Å². The van der Waals surface area contributed by atoms with E-state index in [2.05, 4.69) is 9.46 Å². The number of nitrogens with zero attached hydrogens (tertiary/aromatic N) is 1. The number of ether oxygens (including phenoxy) is 2. The van der Waals surface area contributed by atoms with Gasteiger partial charge in [0, 0.05) is 18.7 Å². The number of piperidine rings is 1.